The summed E-state index contributed by atoms with van der Waals surface area (Å²) in [5.41, 5.74) is 2.73. The first-order valence-electron chi connectivity index (χ1n) is 9.05. The van der Waals surface area contributed by atoms with Gasteiger partial charge in [-0.05, 0) is 18.1 Å². The summed E-state index contributed by atoms with van der Waals surface area (Å²) in [4.78, 5) is 31.7. The molecule has 6 heteroatoms. The number of benzene rings is 2. The lowest BCUT2D eigenvalue weighted by Gasteiger charge is -2.21. The van der Waals surface area contributed by atoms with E-state index in [9.17, 15) is 9.59 Å². The van der Waals surface area contributed by atoms with Crippen molar-refractivity contribution in [2.24, 2.45) is 5.16 Å². The summed E-state index contributed by atoms with van der Waals surface area (Å²) in [6.45, 7) is 2.96. The molecule has 2 aromatic carbocycles. The van der Waals surface area contributed by atoms with Crippen LogP contribution in [0.3, 0.4) is 0 Å². The van der Waals surface area contributed by atoms with E-state index in [-0.39, 0.29) is 18.4 Å². The summed E-state index contributed by atoms with van der Waals surface area (Å²) in [7, 11) is 0. The van der Waals surface area contributed by atoms with Crippen LogP contribution in [0.1, 0.15) is 24.5 Å². The molecular weight excluding hydrogens is 342 g/mol. The molecule has 1 aliphatic rings. The van der Waals surface area contributed by atoms with E-state index in [0.717, 1.165) is 16.8 Å². The summed E-state index contributed by atoms with van der Waals surface area (Å²) in [5.74, 6) is -0.453. The van der Waals surface area contributed by atoms with Crippen LogP contribution in [-0.4, -0.2) is 41.6 Å². The third kappa shape index (κ3) is 4.94. The molecule has 1 unspecified atom stereocenters. The molecule has 0 aliphatic carbocycles. The maximum Gasteiger partial charge on any atom is 0.264 e. The molecule has 1 aliphatic heterocycles. The van der Waals surface area contributed by atoms with Crippen molar-refractivity contribution in [3.8, 4) is 0 Å². The van der Waals surface area contributed by atoms with Gasteiger partial charge in [0.2, 0.25) is 12.0 Å². The van der Waals surface area contributed by atoms with Crippen molar-refractivity contribution >= 4 is 17.5 Å². The Labute approximate surface area is 158 Å². The van der Waals surface area contributed by atoms with E-state index in [2.05, 4.69) is 10.5 Å². The fourth-order valence-electron chi connectivity index (χ4n) is 2.89. The monoisotopic (exact) mass is 365 g/mol. The van der Waals surface area contributed by atoms with Gasteiger partial charge in [-0.25, -0.2) is 0 Å². The second kappa shape index (κ2) is 8.98. The average Bonchev–Trinajstić information content (AvgIpc) is 3.22. The first-order valence-corrected chi connectivity index (χ1v) is 9.05. The minimum atomic E-state index is -0.697. The van der Waals surface area contributed by atoms with Crippen molar-refractivity contribution in [1.29, 1.82) is 0 Å². The quantitative estimate of drug-likeness (QED) is 0.819. The Morgan fingerprint density at radius 2 is 1.78 bits per heavy atom. The zero-order valence-electron chi connectivity index (χ0n) is 15.3. The highest BCUT2D eigenvalue weighted by molar-refractivity contribution is 6.04. The minimum absolute atomic E-state index is 0.0555. The van der Waals surface area contributed by atoms with E-state index < -0.39 is 6.10 Å². The Morgan fingerprint density at radius 3 is 2.44 bits per heavy atom. The Morgan fingerprint density at radius 1 is 1.11 bits per heavy atom. The highest BCUT2D eigenvalue weighted by atomic mass is 16.6. The van der Waals surface area contributed by atoms with Gasteiger partial charge in [-0.2, -0.15) is 0 Å². The van der Waals surface area contributed by atoms with Gasteiger partial charge in [0.05, 0.1) is 12.3 Å². The van der Waals surface area contributed by atoms with Crippen molar-refractivity contribution in [2.75, 3.05) is 13.1 Å². The van der Waals surface area contributed by atoms with Gasteiger partial charge in [0.1, 0.15) is 0 Å². The molecule has 3 rings (SSSR count). The second-order valence-corrected chi connectivity index (χ2v) is 6.31. The van der Waals surface area contributed by atoms with Crippen LogP contribution >= 0.6 is 0 Å². The molecule has 0 saturated carbocycles. The number of likely N-dealkylation sites (N-methyl/N-ethyl adjacent to an activating group) is 1. The van der Waals surface area contributed by atoms with Gasteiger partial charge in [0, 0.05) is 19.5 Å². The molecule has 0 bridgehead atoms. The van der Waals surface area contributed by atoms with Crippen molar-refractivity contribution in [3.05, 3.63) is 71.8 Å². The van der Waals surface area contributed by atoms with E-state index in [1.54, 1.807) is 4.90 Å². The normalized spacial score (nSPS) is 15.6. The Balaban J connectivity index is 1.48. The van der Waals surface area contributed by atoms with Crippen LogP contribution in [-0.2, 0) is 21.0 Å². The first kappa shape index (κ1) is 18.6. The van der Waals surface area contributed by atoms with Gasteiger partial charge in [0.25, 0.3) is 5.91 Å². The van der Waals surface area contributed by atoms with Crippen molar-refractivity contribution < 1.29 is 14.4 Å². The predicted octanol–water partition coefficient (Wildman–Crippen LogP) is 2.34. The summed E-state index contributed by atoms with van der Waals surface area (Å²) in [6.07, 6.45) is -0.303. The second-order valence-electron chi connectivity index (χ2n) is 6.31. The Bertz CT molecular complexity index is 806. The number of carbonyl (C=O) groups excluding carboxylic acids is 2. The zero-order valence-corrected chi connectivity index (χ0v) is 15.3. The van der Waals surface area contributed by atoms with Crippen LogP contribution in [0, 0.1) is 0 Å². The highest BCUT2D eigenvalue weighted by Gasteiger charge is 2.29. The minimum Gasteiger partial charge on any atom is -0.382 e. The molecule has 2 aromatic rings. The maximum atomic E-state index is 12.4. The molecule has 2 amide bonds. The van der Waals surface area contributed by atoms with E-state index in [1.807, 2.05) is 67.6 Å². The molecule has 1 heterocycles. The lowest BCUT2D eigenvalue weighted by molar-refractivity contribution is -0.136. The largest absolute Gasteiger partial charge is 0.382 e. The summed E-state index contributed by atoms with van der Waals surface area (Å²) in [6, 6.07) is 19.4. The van der Waals surface area contributed by atoms with E-state index in [0.29, 0.717) is 19.5 Å². The zero-order chi connectivity index (χ0) is 19.1. The number of amides is 2. The molecule has 1 N–H and O–H groups in total. The Hall–Kier alpha value is -3.15. The maximum absolute atomic E-state index is 12.4. The third-order valence-electron chi connectivity index (χ3n) is 4.43. The van der Waals surface area contributed by atoms with Crippen LogP contribution in [0.25, 0.3) is 0 Å². The molecule has 0 radical (unpaired) electrons. The summed E-state index contributed by atoms with van der Waals surface area (Å²) >= 11 is 0. The molecule has 0 fully saturated rings. The molecule has 1 atom stereocenters. The summed E-state index contributed by atoms with van der Waals surface area (Å²) < 4.78 is 0. The summed E-state index contributed by atoms with van der Waals surface area (Å²) in [5, 5.41) is 6.67. The molecule has 0 aromatic heterocycles. The number of carbonyl (C=O) groups is 2. The fraction of sp³-hybridized carbons (Fsp3) is 0.286. The van der Waals surface area contributed by atoms with Crippen LogP contribution in [0.4, 0.5) is 0 Å². The first-order chi connectivity index (χ1) is 13.2. The van der Waals surface area contributed by atoms with Gasteiger partial charge >= 0.3 is 0 Å². The highest BCUT2D eigenvalue weighted by Crippen LogP contribution is 2.16. The van der Waals surface area contributed by atoms with Gasteiger partial charge in [0.15, 0.2) is 0 Å². The Kier molecular flexibility index (Phi) is 6.20. The number of nitrogens with one attached hydrogen (secondary N) is 1. The van der Waals surface area contributed by atoms with Gasteiger partial charge in [-0.3, -0.25) is 9.59 Å². The fourth-order valence-corrected chi connectivity index (χ4v) is 2.89. The van der Waals surface area contributed by atoms with Crippen molar-refractivity contribution in [2.45, 2.75) is 26.0 Å². The van der Waals surface area contributed by atoms with Crippen LogP contribution in [0.5, 0.6) is 0 Å². The van der Waals surface area contributed by atoms with Crippen LogP contribution in [0.15, 0.2) is 65.8 Å². The van der Waals surface area contributed by atoms with Gasteiger partial charge < -0.3 is 15.1 Å². The van der Waals surface area contributed by atoms with E-state index in [1.165, 1.54) is 0 Å². The number of nitrogens with zero attached hydrogens (tertiary/aromatic N) is 2. The van der Waals surface area contributed by atoms with Crippen molar-refractivity contribution in [3.63, 3.8) is 0 Å². The number of hydrogen-bond donors (Lipinski definition) is 1. The molecule has 0 spiro atoms. The van der Waals surface area contributed by atoms with Gasteiger partial charge in [-0.1, -0.05) is 65.8 Å². The van der Waals surface area contributed by atoms with Gasteiger partial charge in [-0.15, -0.1) is 0 Å². The third-order valence-corrected chi connectivity index (χ3v) is 4.43. The van der Waals surface area contributed by atoms with E-state index >= 15 is 0 Å². The number of rotatable bonds is 7. The molecule has 140 valence electrons. The van der Waals surface area contributed by atoms with E-state index in [4.69, 9.17) is 4.84 Å². The van der Waals surface area contributed by atoms with Crippen LogP contribution in [0.2, 0.25) is 0 Å². The molecular formula is C21H23N3O3. The molecule has 0 saturated heterocycles. The molecule has 27 heavy (non-hydrogen) atoms. The smallest absolute Gasteiger partial charge is 0.264 e. The standard InChI is InChI=1S/C21H23N3O3/c1-2-24(15-16-9-5-3-6-10-16)20(25)14-22-21(26)19-13-18(23-27-19)17-11-7-4-8-12-17/h3-12,19H,2,13-15H2,1H3,(H,22,26). The lowest BCUT2D eigenvalue weighted by Crippen LogP contribution is -2.43. The average molecular weight is 365 g/mol. The number of oxime groups is 1. The predicted molar refractivity (Wildman–Crippen MR) is 103 cm³/mol. The molecule has 6 nitrogen and oxygen atoms in total. The number of hydrogen-bond acceptors (Lipinski definition) is 4. The topological polar surface area (TPSA) is 71.0 Å². The lowest BCUT2D eigenvalue weighted by atomic mass is 10.0. The SMILES string of the molecule is CCN(Cc1ccccc1)C(=O)CNC(=O)C1CC(c2ccccc2)=NO1. The van der Waals surface area contributed by atoms with Crippen molar-refractivity contribution in [1.82, 2.24) is 10.2 Å². The van der Waals surface area contributed by atoms with Crippen LogP contribution < -0.4 is 5.32 Å².